The summed E-state index contributed by atoms with van der Waals surface area (Å²) in [6, 6.07) is 20.3. The second kappa shape index (κ2) is 10.4. The van der Waals surface area contributed by atoms with Crippen molar-refractivity contribution in [2.45, 2.75) is 4.90 Å². The topological polar surface area (TPSA) is 182 Å². The van der Waals surface area contributed by atoms with Gasteiger partial charge in [-0.05, 0) is 54.1 Å². The number of carboxylic acid groups (broad SMARTS) is 1. The molecule has 4 aromatic carbocycles. The van der Waals surface area contributed by atoms with Gasteiger partial charge in [0.25, 0.3) is 10.1 Å². The Labute approximate surface area is 210 Å². The summed E-state index contributed by atoms with van der Waals surface area (Å²) in [5.74, 6) is -1.71. The normalized spacial score (nSPS) is 11.8. The Morgan fingerprint density at radius 2 is 1.24 bits per heavy atom. The summed E-state index contributed by atoms with van der Waals surface area (Å²) in [4.78, 5) is 10.6. The van der Waals surface area contributed by atoms with Crippen molar-refractivity contribution < 1.29 is 33.1 Å². The van der Waals surface area contributed by atoms with Crippen molar-refractivity contribution in [2.75, 3.05) is 0 Å². The van der Waals surface area contributed by atoms with Crippen molar-refractivity contribution in [3.8, 4) is 22.6 Å². The molecule has 0 atom stereocenters. The number of hydrogen-bond acceptors (Lipinski definition) is 9. The van der Waals surface area contributed by atoms with E-state index in [4.69, 9.17) is 5.11 Å². The van der Waals surface area contributed by atoms with E-state index >= 15 is 0 Å². The summed E-state index contributed by atoms with van der Waals surface area (Å²) < 4.78 is 33.9. The molecule has 4 N–H and O–H groups in total. The van der Waals surface area contributed by atoms with Crippen LogP contribution in [0.15, 0.2) is 110 Å². The van der Waals surface area contributed by atoms with Crippen LogP contribution in [0.4, 0.5) is 22.7 Å². The predicted octanol–water partition coefficient (Wildman–Crippen LogP) is 6.54. The first kappa shape index (κ1) is 25.2. The minimum absolute atomic E-state index is 0.00245. The zero-order chi connectivity index (χ0) is 26.6. The van der Waals surface area contributed by atoms with Gasteiger partial charge in [0, 0.05) is 17.7 Å². The van der Waals surface area contributed by atoms with Crippen LogP contribution in [0.3, 0.4) is 0 Å². The van der Waals surface area contributed by atoms with E-state index in [9.17, 15) is 28.0 Å². The third-order valence-corrected chi connectivity index (χ3v) is 5.92. The van der Waals surface area contributed by atoms with Crippen LogP contribution in [0.25, 0.3) is 11.1 Å². The second-order valence-corrected chi connectivity index (χ2v) is 9.02. The molecule has 0 amide bonds. The van der Waals surface area contributed by atoms with Gasteiger partial charge in [0.15, 0.2) is 0 Å². The highest BCUT2D eigenvalue weighted by Crippen LogP contribution is 2.33. The molecule has 0 unspecified atom stereocenters. The van der Waals surface area contributed by atoms with Gasteiger partial charge in [0.05, 0.1) is 22.7 Å². The molecule has 4 aromatic rings. The van der Waals surface area contributed by atoms with E-state index in [1.54, 1.807) is 36.4 Å². The first-order valence-electron chi connectivity index (χ1n) is 10.5. The Morgan fingerprint density at radius 3 is 1.84 bits per heavy atom. The average Bonchev–Trinajstić information content (AvgIpc) is 2.86. The Bertz CT molecular complexity index is 1650. The maximum atomic E-state index is 12.1. The molecule has 11 nitrogen and oxygen atoms in total. The summed E-state index contributed by atoms with van der Waals surface area (Å²) in [7, 11) is -4.61. The van der Waals surface area contributed by atoms with E-state index in [-0.39, 0.29) is 33.1 Å². The third kappa shape index (κ3) is 6.20. The minimum atomic E-state index is -4.61. The lowest BCUT2D eigenvalue weighted by Gasteiger charge is -2.08. The average molecular weight is 519 g/mol. The number of nitrogens with zero attached hydrogens (tertiary/aromatic N) is 4. The molecule has 12 heteroatoms. The quantitative estimate of drug-likeness (QED) is 0.158. The lowest BCUT2D eigenvalue weighted by Crippen LogP contribution is -2.00. The Hall–Kier alpha value is -4.94. The maximum absolute atomic E-state index is 12.1. The molecule has 0 saturated carbocycles. The molecule has 0 heterocycles. The van der Waals surface area contributed by atoms with Crippen molar-refractivity contribution in [1.29, 1.82) is 0 Å². The first-order valence-corrected chi connectivity index (χ1v) is 11.9. The highest BCUT2D eigenvalue weighted by Gasteiger charge is 2.18. The van der Waals surface area contributed by atoms with Gasteiger partial charge in [-0.15, -0.1) is 0 Å². The number of phenolic OH excluding ortho intramolecular Hbond substituents is 1. The molecule has 4 rings (SSSR count). The first-order chi connectivity index (χ1) is 17.6. The Kier molecular flexibility index (Phi) is 7.04. The maximum Gasteiger partial charge on any atom is 0.339 e. The van der Waals surface area contributed by atoms with Crippen LogP contribution in [-0.4, -0.2) is 34.3 Å². The van der Waals surface area contributed by atoms with Crippen LogP contribution in [0.1, 0.15) is 10.4 Å². The molecule has 0 bridgehead atoms. The number of carbonyl (C=O) groups is 1. The standard InChI is InChI=1S/C25H18N4O7S/c30-20-3-1-2-17(12-20)27-29-19-8-10-21(24(14-19)37(34,35)36)15-4-6-16(7-5-15)26-28-18-9-11-22(25(32)33)23(31)13-18/h1-14,30-31H,(H,32,33)(H,34,35,36)/b28-26+,29-27+. The summed E-state index contributed by atoms with van der Waals surface area (Å²) >= 11 is 0. The number of rotatable bonds is 7. The van der Waals surface area contributed by atoms with E-state index in [0.717, 1.165) is 0 Å². The number of aromatic carboxylic acids is 1. The predicted molar refractivity (Wildman–Crippen MR) is 133 cm³/mol. The van der Waals surface area contributed by atoms with Gasteiger partial charge < -0.3 is 15.3 Å². The van der Waals surface area contributed by atoms with Gasteiger partial charge in [-0.2, -0.15) is 28.9 Å². The number of carboxylic acids is 1. The zero-order valence-electron chi connectivity index (χ0n) is 18.8. The largest absolute Gasteiger partial charge is 0.508 e. The van der Waals surface area contributed by atoms with Gasteiger partial charge in [-0.3, -0.25) is 4.55 Å². The lowest BCUT2D eigenvalue weighted by molar-refractivity contribution is 0.0693. The number of aromatic hydroxyl groups is 2. The van der Waals surface area contributed by atoms with Gasteiger partial charge in [0.2, 0.25) is 0 Å². The Balaban J connectivity index is 1.59. The highest BCUT2D eigenvalue weighted by molar-refractivity contribution is 7.86. The monoisotopic (exact) mass is 518 g/mol. The van der Waals surface area contributed by atoms with Gasteiger partial charge in [-0.25, -0.2) is 4.79 Å². The van der Waals surface area contributed by atoms with Crippen LogP contribution >= 0.6 is 0 Å². The molecular formula is C25H18N4O7S. The summed E-state index contributed by atoms with van der Waals surface area (Å²) in [6.07, 6.45) is 0. The molecule has 0 radical (unpaired) electrons. The van der Waals surface area contributed by atoms with E-state index in [2.05, 4.69) is 20.5 Å². The van der Waals surface area contributed by atoms with Crippen LogP contribution in [0.2, 0.25) is 0 Å². The fraction of sp³-hybridized carbons (Fsp3) is 0. The summed E-state index contributed by atoms with van der Waals surface area (Å²) in [5, 5.41) is 44.2. The van der Waals surface area contributed by atoms with Crippen molar-refractivity contribution in [2.24, 2.45) is 20.5 Å². The van der Waals surface area contributed by atoms with Crippen molar-refractivity contribution in [1.82, 2.24) is 0 Å². The molecule has 0 aromatic heterocycles. The second-order valence-electron chi connectivity index (χ2n) is 7.63. The number of phenols is 2. The highest BCUT2D eigenvalue weighted by atomic mass is 32.2. The molecular weight excluding hydrogens is 500 g/mol. The molecule has 0 saturated heterocycles. The molecule has 0 spiro atoms. The van der Waals surface area contributed by atoms with E-state index in [1.807, 2.05) is 0 Å². The lowest BCUT2D eigenvalue weighted by atomic mass is 10.0. The number of hydrogen-bond donors (Lipinski definition) is 4. The van der Waals surface area contributed by atoms with Crippen LogP contribution in [0, 0.1) is 0 Å². The number of benzene rings is 4. The molecule has 186 valence electrons. The molecule has 0 aliphatic rings. The van der Waals surface area contributed by atoms with E-state index < -0.39 is 21.8 Å². The molecule has 37 heavy (non-hydrogen) atoms. The summed E-state index contributed by atoms with van der Waals surface area (Å²) in [5.41, 5.74) is 1.58. The number of azo groups is 2. The van der Waals surface area contributed by atoms with Gasteiger partial charge in [-0.1, -0.05) is 24.3 Å². The van der Waals surface area contributed by atoms with Gasteiger partial charge in [0.1, 0.15) is 22.0 Å². The van der Waals surface area contributed by atoms with Crippen LogP contribution < -0.4 is 0 Å². The van der Waals surface area contributed by atoms with Crippen molar-refractivity contribution in [3.63, 3.8) is 0 Å². The van der Waals surface area contributed by atoms with Crippen molar-refractivity contribution in [3.05, 3.63) is 90.5 Å². The Morgan fingerprint density at radius 1 is 0.676 bits per heavy atom. The van der Waals surface area contributed by atoms with Gasteiger partial charge >= 0.3 is 5.97 Å². The van der Waals surface area contributed by atoms with Crippen LogP contribution in [0.5, 0.6) is 11.5 Å². The SMILES string of the molecule is O=C(O)c1ccc(/N=N/c2ccc(-c3ccc(/N=N/c4cccc(O)c4)cc3S(=O)(=O)O)cc2)cc1O. The molecule has 0 aliphatic heterocycles. The fourth-order valence-corrected chi connectivity index (χ4v) is 4.02. The minimum Gasteiger partial charge on any atom is -0.508 e. The van der Waals surface area contributed by atoms with E-state index in [1.165, 1.54) is 48.5 Å². The third-order valence-electron chi connectivity index (χ3n) is 5.02. The smallest absolute Gasteiger partial charge is 0.339 e. The fourth-order valence-electron chi connectivity index (χ4n) is 3.28. The zero-order valence-corrected chi connectivity index (χ0v) is 19.6. The van der Waals surface area contributed by atoms with Crippen molar-refractivity contribution >= 4 is 38.8 Å². The molecule has 0 aliphatic carbocycles. The summed E-state index contributed by atoms with van der Waals surface area (Å²) in [6.45, 7) is 0. The molecule has 0 fully saturated rings. The van der Waals surface area contributed by atoms with Crippen LogP contribution in [-0.2, 0) is 10.1 Å². The van der Waals surface area contributed by atoms with E-state index in [0.29, 0.717) is 16.9 Å².